The van der Waals surface area contributed by atoms with Gasteiger partial charge in [-0.2, -0.15) is 0 Å². The Morgan fingerprint density at radius 2 is 0.791 bits per heavy atom. The van der Waals surface area contributed by atoms with Gasteiger partial charge in [0.25, 0.3) is 0 Å². The molecule has 0 amide bonds. The summed E-state index contributed by atoms with van der Waals surface area (Å²) in [4.78, 5) is 4.93. The fourth-order valence-corrected chi connectivity index (χ4v) is 11.3. The van der Waals surface area contributed by atoms with Crippen molar-refractivity contribution >= 4 is 44.9 Å². The van der Waals surface area contributed by atoms with Crippen LogP contribution in [0.1, 0.15) is 22.3 Å². The second-order valence-electron chi connectivity index (χ2n) is 17.6. The van der Waals surface area contributed by atoms with Gasteiger partial charge in [0.05, 0.1) is 22.5 Å². The van der Waals surface area contributed by atoms with Crippen molar-refractivity contribution in [2.24, 2.45) is 0 Å². The normalized spacial score (nSPS) is 12.9. The molecule has 2 aliphatic rings. The van der Waals surface area contributed by atoms with Crippen LogP contribution in [0, 0.1) is 0 Å². The third kappa shape index (κ3) is 6.04. The summed E-state index contributed by atoms with van der Waals surface area (Å²) in [7, 11) is 0. The fraction of sp³-hybridized carbons (Fsp3) is 0.0154. The Morgan fingerprint density at radius 1 is 0.299 bits per heavy atom. The van der Waals surface area contributed by atoms with Crippen molar-refractivity contribution in [1.82, 2.24) is 0 Å². The number of anilines is 6. The molecule has 11 aromatic rings. The Labute approximate surface area is 391 Å². The lowest BCUT2D eigenvalue weighted by Crippen LogP contribution is -2.36. The minimum Gasteiger partial charge on any atom is -0.310 e. The first-order valence-corrected chi connectivity index (χ1v) is 23.2. The maximum Gasteiger partial charge on any atom is 0.0755 e. The van der Waals surface area contributed by atoms with Gasteiger partial charge >= 0.3 is 0 Å². The van der Waals surface area contributed by atoms with Gasteiger partial charge in [0, 0.05) is 22.6 Å². The summed E-state index contributed by atoms with van der Waals surface area (Å²) in [5.74, 6) is 0. The maximum atomic E-state index is 2.50. The smallest absolute Gasteiger partial charge is 0.0755 e. The highest BCUT2D eigenvalue weighted by Crippen LogP contribution is 2.64. The van der Waals surface area contributed by atoms with E-state index in [4.69, 9.17) is 0 Å². The topological polar surface area (TPSA) is 6.48 Å². The maximum absolute atomic E-state index is 2.50. The molecule has 0 saturated carbocycles. The molecule has 0 aromatic heterocycles. The molecule has 1 aliphatic carbocycles. The SMILES string of the molecule is c1ccc(-c2ccc(N(c3ccc4c(c3)C3(c5ccccc5-4)c4ccccc4N(c4ccccc4)c4ccccc43)c3ccccc3-c3ccccc3-c3cccc4ccccc34)cc2)cc1. The van der Waals surface area contributed by atoms with Crippen LogP contribution in [-0.4, -0.2) is 0 Å². The van der Waals surface area contributed by atoms with Crippen molar-refractivity contribution < 1.29 is 0 Å². The van der Waals surface area contributed by atoms with E-state index in [-0.39, 0.29) is 0 Å². The molecule has 1 spiro atoms. The first kappa shape index (κ1) is 38.7. The lowest BCUT2D eigenvalue weighted by molar-refractivity contribution is 0.752. The lowest BCUT2D eigenvalue weighted by atomic mass is 9.64. The van der Waals surface area contributed by atoms with E-state index in [2.05, 4.69) is 277 Å². The van der Waals surface area contributed by atoms with E-state index in [9.17, 15) is 0 Å². The molecule has 1 heterocycles. The summed E-state index contributed by atoms with van der Waals surface area (Å²) in [6.45, 7) is 0. The number of rotatable bonds is 7. The number of benzene rings is 11. The quantitative estimate of drug-likeness (QED) is 0.158. The number of hydrogen-bond acceptors (Lipinski definition) is 2. The van der Waals surface area contributed by atoms with E-state index in [0.717, 1.165) is 28.3 Å². The minimum atomic E-state index is -0.594. The van der Waals surface area contributed by atoms with E-state index in [1.807, 2.05) is 0 Å². The van der Waals surface area contributed by atoms with Crippen LogP contribution < -0.4 is 9.80 Å². The minimum absolute atomic E-state index is 0.594. The molecule has 1 aliphatic heterocycles. The van der Waals surface area contributed by atoms with Gasteiger partial charge in [0.2, 0.25) is 0 Å². The second kappa shape index (κ2) is 15.8. The van der Waals surface area contributed by atoms with Crippen molar-refractivity contribution in [2.75, 3.05) is 9.80 Å². The van der Waals surface area contributed by atoms with E-state index in [1.165, 1.54) is 83.3 Å². The number of para-hydroxylation sites is 4. The van der Waals surface area contributed by atoms with Crippen LogP contribution in [0.3, 0.4) is 0 Å². The van der Waals surface area contributed by atoms with Crippen LogP contribution in [0.15, 0.2) is 267 Å². The van der Waals surface area contributed by atoms with E-state index in [0.29, 0.717) is 0 Å². The number of hydrogen-bond donors (Lipinski definition) is 0. The van der Waals surface area contributed by atoms with Crippen LogP contribution in [0.25, 0.3) is 55.3 Å². The molecule has 67 heavy (non-hydrogen) atoms. The average molecular weight is 853 g/mol. The van der Waals surface area contributed by atoms with Crippen molar-refractivity contribution in [2.45, 2.75) is 5.41 Å². The summed E-state index contributed by atoms with van der Waals surface area (Å²) >= 11 is 0. The molecule has 0 N–H and O–H groups in total. The Morgan fingerprint density at radius 3 is 1.52 bits per heavy atom. The molecule has 0 saturated heterocycles. The van der Waals surface area contributed by atoms with E-state index < -0.39 is 5.41 Å². The largest absolute Gasteiger partial charge is 0.310 e. The highest BCUT2D eigenvalue weighted by molar-refractivity contribution is 6.03. The summed E-state index contributed by atoms with van der Waals surface area (Å²) in [6, 6.07) is 98.2. The molecular weight excluding hydrogens is 809 g/mol. The van der Waals surface area contributed by atoms with Crippen LogP contribution in [-0.2, 0) is 5.41 Å². The zero-order valence-electron chi connectivity index (χ0n) is 36.8. The Kier molecular flexibility index (Phi) is 9.11. The third-order valence-corrected chi connectivity index (χ3v) is 14.1. The van der Waals surface area contributed by atoms with Gasteiger partial charge in [-0.1, -0.05) is 212 Å². The van der Waals surface area contributed by atoms with Crippen LogP contribution in [0.2, 0.25) is 0 Å². The van der Waals surface area contributed by atoms with Crippen LogP contribution in [0.5, 0.6) is 0 Å². The van der Waals surface area contributed by atoms with Gasteiger partial charge in [0.1, 0.15) is 0 Å². The first-order valence-electron chi connectivity index (χ1n) is 23.2. The lowest BCUT2D eigenvalue weighted by Gasteiger charge is -2.45. The standard InChI is InChI=1S/C65H44N2/c1-3-20-45(21-4-1)46-38-40-49(41-39-46)66(62-35-16-12-30-57(62)54-28-10-9-27-53(54)52-31-19-23-47-22-7-8-26-51(47)52)50-42-43-56-55-29-11-13-32-58(55)65(61(56)44-50)59-33-14-17-36-63(59)67(48-24-5-2-6-25-48)64-37-18-15-34-60(64)65/h1-44H. The predicted molar refractivity (Wildman–Crippen MR) is 280 cm³/mol. The Bertz CT molecular complexity index is 3590. The van der Waals surface area contributed by atoms with Gasteiger partial charge in [0.15, 0.2) is 0 Å². The Hall–Kier alpha value is -8.72. The molecule has 0 radical (unpaired) electrons. The molecule has 2 heteroatoms. The molecule has 2 nitrogen and oxygen atoms in total. The molecule has 0 bridgehead atoms. The van der Waals surface area contributed by atoms with Crippen LogP contribution >= 0.6 is 0 Å². The van der Waals surface area contributed by atoms with Crippen molar-refractivity contribution in [3.63, 3.8) is 0 Å². The summed E-state index contributed by atoms with van der Waals surface area (Å²) in [5, 5.41) is 2.47. The monoisotopic (exact) mass is 852 g/mol. The zero-order valence-corrected chi connectivity index (χ0v) is 36.8. The summed E-state index contributed by atoms with van der Waals surface area (Å²) in [6.07, 6.45) is 0. The Balaban J connectivity index is 1.07. The first-order chi connectivity index (χ1) is 33.3. The highest BCUT2D eigenvalue weighted by Gasteiger charge is 2.51. The van der Waals surface area contributed by atoms with Gasteiger partial charge < -0.3 is 9.80 Å². The molecule has 11 aromatic carbocycles. The third-order valence-electron chi connectivity index (χ3n) is 14.1. The van der Waals surface area contributed by atoms with E-state index in [1.54, 1.807) is 0 Å². The van der Waals surface area contributed by atoms with Gasteiger partial charge in [-0.05, 0) is 127 Å². The van der Waals surface area contributed by atoms with Crippen molar-refractivity contribution in [3.05, 3.63) is 289 Å². The average Bonchev–Trinajstić information content (AvgIpc) is 3.69. The summed E-state index contributed by atoms with van der Waals surface area (Å²) in [5.41, 5.74) is 21.0. The molecular formula is C65H44N2. The van der Waals surface area contributed by atoms with Gasteiger partial charge in [-0.15, -0.1) is 0 Å². The van der Waals surface area contributed by atoms with Crippen LogP contribution in [0.4, 0.5) is 34.1 Å². The zero-order chi connectivity index (χ0) is 44.3. The summed E-state index contributed by atoms with van der Waals surface area (Å²) < 4.78 is 0. The van der Waals surface area contributed by atoms with Gasteiger partial charge in [-0.3, -0.25) is 0 Å². The molecule has 13 rings (SSSR count). The van der Waals surface area contributed by atoms with Crippen molar-refractivity contribution in [3.8, 4) is 44.5 Å². The highest BCUT2D eigenvalue weighted by atomic mass is 15.2. The molecule has 314 valence electrons. The number of nitrogens with zero attached hydrogens (tertiary/aromatic N) is 2. The number of fused-ring (bicyclic) bond motifs is 10. The molecule has 0 fully saturated rings. The van der Waals surface area contributed by atoms with Crippen molar-refractivity contribution in [1.29, 1.82) is 0 Å². The fourth-order valence-electron chi connectivity index (χ4n) is 11.3. The second-order valence-corrected chi connectivity index (χ2v) is 17.6. The van der Waals surface area contributed by atoms with Gasteiger partial charge in [-0.25, -0.2) is 0 Å². The molecule has 0 atom stereocenters. The molecule has 0 unspecified atom stereocenters. The van der Waals surface area contributed by atoms with E-state index >= 15 is 0 Å². The predicted octanol–water partition coefficient (Wildman–Crippen LogP) is 17.5.